The zero-order valence-corrected chi connectivity index (χ0v) is 11.9. The minimum atomic E-state index is -0.105. The molecule has 0 amide bonds. The van der Waals surface area contributed by atoms with Crippen LogP contribution < -0.4 is 5.32 Å². The lowest BCUT2D eigenvalue weighted by Gasteiger charge is -2.19. The highest BCUT2D eigenvalue weighted by molar-refractivity contribution is 5.85. The lowest BCUT2D eigenvalue weighted by molar-refractivity contribution is 0.00755. The van der Waals surface area contributed by atoms with Crippen molar-refractivity contribution in [2.24, 2.45) is 0 Å². The average molecular weight is 296 g/mol. The number of hydrogen-bond acceptors (Lipinski definition) is 5. The fourth-order valence-electron chi connectivity index (χ4n) is 2.12. The number of halogens is 1. The van der Waals surface area contributed by atoms with Crippen LogP contribution in [0.4, 0.5) is 0 Å². The first-order valence-corrected chi connectivity index (χ1v) is 6.60. The van der Waals surface area contributed by atoms with Crippen LogP contribution in [0.1, 0.15) is 23.4 Å². The summed E-state index contributed by atoms with van der Waals surface area (Å²) < 4.78 is 10.8. The van der Waals surface area contributed by atoms with Crippen LogP contribution in [0.3, 0.4) is 0 Å². The highest BCUT2D eigenvalue weighted by atomic mass is 35.5. The molecule has 2 aromatic rings. The highest BCUT2D eigenvalue weighted by Crippen LogP contribution is 2.16. The van der Waals surface area contributed by atoms with Crippen LogP contribution in [0.5, 0.6) is 0 Å². The van der Waals surface area contributed by atoms with Crippen LogP contribution in [0.15, 0.2) is 34.9 Å². The van der Waals surface area contributed by atoms with E-state index in [-0.39, 0.29) is 18.5 Å². The summed E-state index contributed by atoms with van der Waals surface area (Å²) in [7, 11) is 0. The van der Waals surface area contributed by atoms with Gasteiger partial charge in [-0.2, -0.15) is 4.98 Å². The smallest absolute Gasteiger partial charge is 0.257 e. The van der Waals surface area contributed by atoms with Gasteiger partial charge < -0.3 is 14.6 Å². The summed E-state index contributed by atoms with van der Waals surface area (Å²) in [6, 6.07) is 10.3. The van der Waals surface area contributed by atoms with Gasteiger partial charge in [0.2, 0.25) is 0 Å². The SMILES string of the molecule is Cl.c1ccc(CCc2noc(C3CNCCO3)n2)cc1. The number of nitrogens with zero attached hydrogens (tertiary/aromatic N) is 2. The second kappa shape index (κ2) is 7.38. The standard InChI is InChI=1S/C14H17N3O2.ClH/c1-2-4-11(5-3-1)6-7-13-16-14(19-17-13)12-10-15-8-9-18-12;/h1-5,12,15H,6-10H2;1H. The van der Waals surface area contributed by atoms with Gasteiger partial charge in [-0.25, -0.2) is 0 Å². The van der Waals surface area contributed by atoms with Gasteiger partial charge in [-0.1, -0.05) is 35.5 Å². The van der Waals surface area contributed by atoms with E-state index in [1.54, 1.807) is 0 Å². The molecule has 0 radical (unpaired) electrons. The molecule has 1 atom stereocenters. The Labute approximate surface area is 124 Å². The van der Waals surface area contributed by atoms with Gasteiger partial charge in [-0.15, -0.1) is 12.4 Å². The Morgan fingerprint density at radius 2 is 2.05 bits per heavy atom. The Balaban J connectivity index is 0.00000147. The van der Waals surface area contributed by atoms with Crippen molar-refractivity contribution in [2.75, 3.05) is 19.7 Å². The summed E-state index contributed by atoms with van der Waals surface area (Å²) in [5.74, 6) is 1.32. The maximum Gasteiger partial charge on any atom is 0.257 e. The van der Waals surface area contributed by atoms with Crippen LogP contribution in [-0.4, -0.2) is 29.8 Å². The van der Waals surface area contributed by atoms with Gasteiger partial charge in [-0.3, -0.25) is 0 Å². The van der Waals surface area contributed by atoms with Crippen LogP contribution in [-0.2, 0) is 17.6 Å². The van der Waals surface area contributed by atoms with Crippen molar-refractivity contribution in [3.8, 4) is 0 Å². The molecular weight excluding hydrogens is 278 g/mol. The number of hydrogen-bond donors (Lipinski definition) is 1. The summed E-state index contributed by atoms with van der Waals surface area (Å²) in [4.78, 5) is 4.41. The van der Waals surface area contributed by atoms with Crippen LogP contribution in [0, 0.1) is 0 Å². The minimum Gasteiger partial charge on any atom is -0.366 e. The molecule has 5 nitrogen and oxygen atoms in total. The molecule has 1 aliphatic heterocycles. The second-order valence-electron chi connectivity index (χ2n) is 4.60. The van der Waals surface area contributed by atoms with E-state index in [2.05, 4.69) is 27.6 Å². The summed E-state index contributed by atoms with van der Waals surface area (Å²) in [6.45, 7) is 2.30. The second-order valence-corrected chi connectivity index (χ2v) is 4.60. The molecule has 3 rings (SSSR count). The summed E-state index contributed by atoms with van der Waals surface area (Å²) >= 11 is 0. The molecule has 2 heterocycles. The largest absolute Gasteiger partial charge is 0.366 e. The zero-order valence-electron chi connectivity index (χ0n) is 11.1. The van der Waals surface area contributed by atoms with Crippen LogP contribution in [0.25, 0.3) is 0 Å². The molecule has 1 fully saturated rings. The number of rotatable bonds is 4. The fourth-order valence-corrected chi connectivity index (χ4v) is 2.12. The molecule has 20 heavy (non-hydrogen) atoms. The van der Waals surface area contributed by atoms with Gasteiger partial charge in [0.05, 0.1) is 6.61 Å². The highest BCUT2D eigenvalue weighted by Gasteiger charge is 2.21. The van der Waals surface area contributed by atoms with Gasteiger partial charge in [-0.05, 0) is 12.0 Å². The number of morpholine rings is 1. The van der Waals surface area contributed by atoms with Crippen molar-refractivity contribution in [2.45, 2.75) is 18.9 Å². The van der Waals surface area contributed by atoms with E-state index < -0.39 is 0 Å². The van der Waals surface area contributed by atoms with E-state index in [0.29, 0.717) is 12.5 Å². The Morgan fingerprint density at radius 3 is 2.80 bits per heavy atom. The molecule has 108 valence electrons. The summed E-state index contributed by atoms with van der Waals surface area (Å²) in [5, 5.41) is 7.26. The van der Waals surface area contributed by atoms with Crippen molar-refractivity contribution in [1.29, 1.82) is 0 Å². The maximum absolute atomic E-state index is 5.58. The lowest BCUT2D eigenvalue weighted by Crippen LogP contribution is -2.33. The van der Waals surface area contributed by atoms with E-state index in [9.17, 15) is 0 Å². The number of aromatic nitrogens is 2. The normalized spacial score (nSPS) is 18.5. The lowest BCUT2D eigenvalue weighted by atomic mass is 10.1. The van der Waals surface area contributed by atoms with Gasteiger partial charge >= 0.3 is 0 Å². The van der Waals surface area contributed by atoms with E-state index in [1.165, 1.54) is 5.56 Å². The van der Waals surface area contributed by atoms with Gasteiger partial charge in [0, 0.05) is 19.5 Å². The summed E-state index contributed by atoms with van der Waals surface area (Å²) in [6.07, 6.45) is 1.60. The van der Waals surface area contributed by atoms with E-state index in [0.717, 1.165) is 31.8 Å². The Morgan fingerprint density at radius 1 is 1.20 bits per heavy atom. The molecule has 1 N–H and O–H groups in total. The first kappa shape index (κ1) is 15.0. The first-order valence-electron chi connectivity index (χ1n) is 6.60. The molecule has 1 unspecified atom stereocenters. The van der Waals surface area contributed by atoms with Crippen LogP contribution in [0.2, 0.25) is 0 Å². The third-order valence-electron chi connectivity index (χ3n) is 3.17. The molecule has 1 aliphatic rings. The third-order valence-corrected chi connectivity index (χ3v) is 3.17. The molecule has 1 aromatic heterocycles. The Hall–Kier alpha value is -1.43. The molecule has 6 heteroatoms. The average Bonchev–Trinajstić information content (AvgIpc) is 2.96. The van der Waals surface area contributed by atoms with Gasteiger partial charge in [0.15, 0.2) is 5.82 Å². The monoisotopic (exact) mass is 295 g/mol. The minimum absolute atomic E-state index is 0. The predicted octanol–water partition coefficient (Wildman–Crippen LogP) is 1.94. The molecule has 1 aromatic carbocycles. The Bertz CT molecular complexity index is 512. The quantitative estimate of drug-likeness (QED) is 0.934. The Kier molecular flexibility index (Phi) is 5.52. The molecule has 0 spiro atoms. The molecule has 0 saturated carbocycles. The number of ether oxygens (including phenoxy) is 1. The predicted molar refractivity (Wildman–Crippen MR) is 77.0 cm³/mol. The molecule has 0 bridgehead atoms. The first-order chi connectivity index (χ1) is 9.42. The number of benzene rings is 1. The van der Waals surface area contributed by atoms with Crippen molar-refractivity contribution in [1.82, 2.24) is 15.5 Å². The fraction of sp³-hybridized carbons (Fsp3) is 0.429. The van der Waals surface area contributed by atoms with Crippen LogP contribution >= 0.6 is 12.4 Å². The summed E-state index contributed by atoms with van der Waals surface area (Å²) in [5.41, 5.74) is 1.28. The maximum atomic E-state index is 5.58. The van der Waals surface area contributed by atoms with Gasteiger partial charge in [0.1, 0.15) is 6.10 Å². The molecular formula is C14H18ClN3O2. The van der Waals surface area contributed by atoms with Crippen molar-refractivity contribution < 1.29 is 9.26 Å². The van der Waals surface area contributed by atoms with Crippen molar-refractivity contribution in [3.05, 3.63) is 47.6 Å². The molecule has 0 aliphatic carbocycles. The van der Waals surface area contributed by atoms with E-state index in [1.807, 2.05) is 18.2 Å². The third kappa shape index (κ3) is 3.79. The zero-order chi connectivity index (χ0) is 12.9. The number of nitrogens with one attached hydrogen (secondary N) is 1. The number of aryl methyl sites for hydroxylation is 2. The van der Waals surface area contributed by atoms with Gasteiger partial charge in [0.25, 0.3) is 5.89 Å². The van der Waals surface area contributed by atoms with E-state index in [4.69, 9.17) is 9.26 Å². The topological polar surface area (TPSA) is 60.2 Å². The van der Waals surface area contributed by atoms with E-state index >= 15 is 0 Å². The van der Waals surface area contributed by atoms with Crippen molar-refractivity contribution in [3.63, 3.8) is 0 Å². The molecule has 1 saturated heterocycles. The van der Waals surface area contributed by atoms with Crippen molar-refractivity contribution >= 4 is 12.4 Å².